The average molecular weight is 493 g/mol. The number of anilines is 1. The van der Waals surface area contributed by atoms with E-state index in [0.29, 0.717) is 30.5 Å². The summed E-state index contributed by atoms with van der Waals surface area (Å²) in [6.07, 6.45) is 0.339. The first-order chi connectivity index (χ1) is 11.6. The van der Waals surface area contributed by atoms with E-state index in [-0.39, 0.29) is 29.9 Å². The third kappa shape index (κ3) is 7.21. The summed E-state index contributed by atoms with van der Waals surface area (Å²) in [7, 11) is 1.71. The molecule has 0 radical (unpaired) electrons. The van der Waals surface area contributed by atoms with Gasteiger partial charge in [0.25, 0.3) is 0 Å². The van der Waals surface area contributed by atoms with Crippen LogP contribution in [0.25, 0.3) is 0 Å². The average Bonchev–Trinajstić information content (AvgIpc) is 3.08. The lowest BCUT2D eigenvalue weighted by molar-refractivity contribution is -0.116. The van der Waals surface area contributed by atoms with Crippen LogP contribution in [0.15, 0.2) is 40.7 Å². The van der Waals surface area contributed by atoms with Crippen molar-refractivity contribution in [3.8, 4) is 0 Å². The molecule has 1 aromatic carbocycles. The number of aliphatic imine (C=N–C) groups is 1. The predicted molar refractivity (Wildman–Crippen MR) is 117 cm³/mol. The summed E-state index contributed by atoms with van der Waals surface area (Å²) >= 11 is 7.74. The Morgan fingerprint density at radius 1 is 1.24 bits per heavy atom. The van der Waals surface area contributed by atoms with Crippen molar-refractivity contribution in [3.63, 3.8) is 0 Å². The fraction of sp³-hybridized carbons (Fsp3) is 0.294. The fourth-order valence-electron chi connectivity index (χ4n) is 2.05. The first kappa shape index (κ1) is 21.7. The number of amides is 1. The number of guanidine groups is 1. The molecule has 1 heterocycles. The van der Waals surface area contributed by atoms with Gasteiger partial charge in [0.15, 0.2) is 5.96 Å². The van der Waals surface area contributed by atoms with Gasteiger partial charge in [0, 0.05) is 35.6 Å². The zero-order chi connectivity index (χ0) is 17.4. The molecule has 2 aromatic rings. The molecule has 0 spiro atoms. The van der Waals surface area contributed by atoms with Gasteiger partial charge in [-0.05, 0) is 36.1 Å². The fourth-order valence-corrected chi connectivity index (χ4v) is 2.87. The molecule has 0 saturated carbocycles. The Hall–Kier alpha value is -1.32. The maximum Gasteiger partial charge on any atom is 0.226 e. The van der Waals surface area contributed by atoms with Crippen LogP contribution in [0.5, 0.6) is 0 Å². The van der Waals surface area contributed by atoms with Crippen LogP contribution in [0.2, 0.25) is 5.02 Å². The SMILES string of the molecule is CN=C(NCCC(=O)Nc1cccc(Cl)c1C)NCc1cccs1.I. The molecule has 0 atom stereocenters. The lowest BCUT2D eigenvalue weighted by atomic mass is 10.2. The molecule has 25 heavy (non-hydrogen) atoms. The number of nitrogens with one attached hydrogen (secondary N) is 3. The number of benzene rings is 1. The highest BCUT2D eigenvalue weighted by molar-refractivity contribution is 14.0. The van der Waals surface area contributed by atoms with E-state index in [1.165, 1.54) is 4.88 Å². The third-order valence-corrected chi connectivity index (χ3v) is 4.71. The summed E-state index contributed by atoms with van der Waals surface area (Å²) in [4.78, 5) is 17.4. The van der Waals surface area contributed by atoms with E-state index in [1.807, 2.05) is 30.5 Å². The van der Waals surface area contributed by atoms with Crippen LogP contribution >= 0.6 is 46.9 Å². The molecule has 0 unspecified atom stereocenters. The van der Waals surface area contributed by atoms with Crippen molar-refractivity contribution in [1.82, 2.24) is 10.6 Å². The Labute approximate surface area is 174 Å². The van der Waals surface area contributed by atoms with E-state index < -0.39 is 0 Å². The first-order valence-electron chi connectivity index (χ1n) is 7.62. The quantitative estimate of drug-likeness (QED) is 0.324. The Bertz CT molecular complexity index is 707. The Balaban J connectivity index is 0.00000312. The molecule has 0 aliphatic rings. The molecule has 2 rings (SSSR count). The number of halogens is 2. The number of thiophene rings is 1. The van der Waals surface area contributed by atoms with Crippen LogP contribution in [0.3, 0.4) is 0 Å². The highest BCUT2D eigenvalue weighted by Crippen LogP contribution is 2.22. The largest absolute Gasteiger partial charge is 0.356 e. The lowest BCUT2D eigenvalue weighted by Gasteiger charge is -2.12. The van der Waals surface area contributed by atoms with Gasteiger partial charge in [-0.25, -0.2) is 0 Å². The molecule has 0 aliphatic carbocycles. The summed E-state index contributed by atoms with van der Waals surface area (Å²) in [5, 5.41) is 11.9. The lowest BCUT2D eigenvalue weighted by Crippen LogP contribution is -2.38. The van der Waals surface area contributed by atoms with Gasteiger partial charge in [-0.1, -0.05) is 23.7 Å². The van der Waals surface area contributed by atoms with Crippen molar-refractivity contribution in [2.24, 2.45) is 4.99 Å². The summed E-state index contributed by atoms with van der Waals surface area (Å²) < 4.78 is 0. The van der Waals surface area contributed by atoms with Crippen LogP contribution in [-0.4, -0.2) is 25.5 Å². The normalized spacial score (nSPS) is 10.8. The molecule has 5 nitrogen and oxygen atoms in total. The van der Waals surface area contributed by atoms with Crippen LogP contribution in [0.1, 0.15) is 16.9 Å². The Morgan fingerprint density at radius 2 is 2.04 bits per heavy atom. The van der Waals surface area contributed by atoms with E-state index in [0.717, 1.165) is 11.3 Å². The minimum atomic E-state index is -0.0680. The second kappa shape index (κ2) is 11.3. The van der Waals surface area contributed by atoms with Gasteiger partial charge in [-0.2, -0.15) is 0 Å². The third-order valence-electron chi connectivity index (χ3n) is 3.42. The number of carbonyl (C=O) groups is 1. The van der Waals surface area contributed by atoms with Crippen molar-refractivity contribution < 1.29 is 4.79 Å². The second-order valence-electron chi connectivity index (χ2n) is 5.14. The van der Waals surface area contributed by atoms with Crippen molar-refractivity contribution >= 4 is 64.5 Å². The van der Waals surface area contributed by atoms with Gasteiger partial charge < -0.3 is 16.0 Å². The number of rotatable bonds is 6. The molecular formula is C17H22ClIN4OS. The van der Waals surface area contributed by atoms with E-state index >= 15 is 0 Å². The Kier molecular flexibility index (Phi) is 9.84. The molecule has 0 aliphatic heterocycles. The topological polar surface area (TPSA) is 65.5 Å². The zero-order valence-corrected chi connectivity index (χ0v) is 18.0. The minimum Gasteiger partial charge on any atom is -0.356 e. The minimum absolute atomic E-state index is 0. The molecule has 1 aromatic heterocycles. The molecule has 8 heteroatoms. The maximum atomic E-state index is 12.0. The van der Waals surface area contributed by atoms with Gasteiger partial charge in [0.2, 0.25) is 5.91 Å². The molecule has 3 N–H and O–H groups in total. The van der Waals surface area contributed by atoms with Gasteiger partial charge in [0.05, 0.1) is 6.54 Å². The molecule has 136 valence electrons. The molecule has 0 bridgehead atoms. The standard InChI is InChI=1S/C17H21ClN4OS.HI/c1-12-14(18)6-3-7-15(12)22-16(23)8-9-20-17(19-2)21-11-13-5-4-10-24-13;/h3-7,10H,8-9,11H2,1-2H3,(H,22,23)(H2,19,20,21);1H. The van der Waals surface area contributed by atoms with Gasteiger partial charge >= 0.3 is 0 Å². The van der Waals surface area contributed by atoms with Gasteiger partial charge in [-0.3, -0.25) is 9.79 Å². The van der Waals surface area contributed by atoms with E-state index in [1.54, 1.807) is 24.5 Å². The van der Waals surface area contributed by atoms with Crippen molar-refractivity contribution in [2.75, 3.05) is 18.9 Å². The summed E-state index contributed by atoms with van der Waals surface area (Å²) in [5.41, 5.74) is 1.61. The number of hydrogen-bond acceptors (Lipinski definition) is 3. The van der Waals surface area contributed by atoms with Crippen molar-refractivity contribution in [1.29, 1.82) is 0 Å². The van der Waals surface area contributed by atoms with Crippen LogP contribution in [-0.2, 0) is 11.3 Å². The summed E-state index contributed by atoms with van der Waals surface area (Å²) in [6.45, 7) is 3.09. The number of hydrogen-bond donors (Lipinski definition) is 3. The summed E-state index contributed by atoms with van der Waals surface area (Å²) in [6, 6.07) is 9.54. The smallest absolute Gasteiger partial charge is 0.226 e. The molecule has 0 saturated heterocycles. The van der Waals surface area contributed by atoms with Crippen molar-refractivity contribution in [3.05, 3.63) is 51.2 Å². The number of nitrogens with zero attached hydrogens (tertiary/aromatic N) is 1. The van der Waals surface area contributed by atoms with Crippen LogP contribution in [0.4, 0.5) is 5.69 Å². The monoisotopic (exact) mass is 492 g/mol. The van der Waals surface area contributed by atoms with E-state index in [2.05, 4.69) is 27.0 Å². The molecular weight excluding hydrogens is 471 g/mol. The van der Waals surface area contributed by atoms with Crippen LogP contribution in [0, 0.1) is 6.92 Å². The van der Waals surface area contributed by atoms with E-state index in [9.17, 15) is 4.79 Å². The van der Waals surface area contributed by atoms with E-state index in [4.69, 9.17) is 11.6 Å². The molecule has 1 amide bonds. The first-order valence-corrected chi connectivity index (χ1v) is 8.87. The highest BCUT2D eigenvalue weighted by atomic mass is 127. The molecule has 0 fully saturated rings. The Morgan fingerprint density at radius 3 is 2.72 bits per heavy atom. The van der Waals surface area contributed by atoms with Crippen LogP contribution < -0.4 is 16.0 Å². The highest BCUT2D eigenvalue weighted by Gasteiger charge is 2.07. The van der Waals surface area contributed by atoms with Crippen molar-refractivity contribution in [2.45, 2.75) is 19.9 Å². The van der Waals surface area contributed by atoms with Gasteiger partial charge in [0.1, 0.15) is 0 Å². The zero-order valence-electron chi connectivity index (χ0n) is 14.1. The predicted octanol–water partition coefficient (Wildman–Crippen LogP) is 4.02. The summed E-state index contributed by atoms with van der Waals surface area (Å²) in [5.74, 6) is 0.608. The second-order valence-corrected chi connectivity index (χ2v) is 6.58. The maximum absolute atomic E-state index is 12.0. The van der Waals surface area contributed by atoms with Gasteiger partial charge in [-0.15, -0.1) is 35.3 Å². The number of carbonyl (C=O) groups excluding carboxylic acids is 1.